The number of aromatic nitrogens is 2. The summed E-state index contributed by atoms with van der Waals surface area (Å²) in [5.41, 5.74) is 0. The molecule has 1 aromatic rings. The average Bonchev–Trinajstić information content (AvgIpc) is 2.49. The van der Waals surface area contributed by atoms with Gasteiger partial charge in [-0.25, -0.2) is 13.1 Å². The van der Waals surface area contributed by atoms with E-state index in [-0.39, 0.29) is 16.3 Å². The van der Waals surface area contributed by atoms with Crippen LogP contribution < -0.4 is 4.72 Å². The van der Waals surface area contributed by atoms with Crippen molar-refractivity contribution >= 4 is 21.6 Å². The van der Waals surface area contributed by atoms with Crippen molar-refractivity contribution in [2.75, 3.05) is 0 Å². The van der Waals surface area contributed by atoms with E-state index in [0.29, 0.717) is 6.42 Å². The third-order valence-corrected chi connectivity index (χ3v) is 3.75. The molecule has 0 aliphatic heterocycles. The zero-order valence-electron chi connectivity index (χ0n) is 9.51. The minimum absolute atomic E-state index is 0.0633. The fourth-order valence-electron chi connectivity index (χ4n) is 1.41. The number of aryl methyl sites for hydroxylation is 1. The van der Waals surface area contributed by atoms with E-state index < -0.39 is 10.0 Å². The Bertz CT molecular complexity index is 441. The maximum absolute atomic E-state index is 11.8. The van der Waals surface area contributed by atoms with Crippen LogP contribution in [0.15, 0.2) is 17.3 Å². The molecule has 0 saturated heterocycles. The Morgan fingerprint density at radius 3 is 2.62 bits per heavy atom. The lowest BCUT2D eigenvalue weighted by atomic mass is 10.2. The van der Waals surface area contributed by atoms with Crippen LogP contribution in [0.5, 0.6) is 0 Å². The molecule has 0 aromatic carbocycles. The summed E-state index contributed by atoms with van der Waals surface area (Å²) in [6, 6.07) is -0.197. The minimum Gasteiger partial charge on any atom is -0.274 e. The summed E-state index contributed by atoms with van der Waals surface area (Å²) < 4.78 is 27.7. The molecule has 1 rings (SSSR count). The molecule has 0 fully saturated rings. The first kappa shape index (κ1) is 13.5. The molecular weight excluding hydrogens is 250 g/mol. The van der Waals surface area contributed by atoms with Crippen molar-refractivity contribution in [3.63, 3.8) is 0 Å². The third kappa shape index (κ3) is 3.77. The zero-order valence-corrected chi connectivity index (χ0v) is 11.1. The Kier molecular flexibility index (Phi) is 4.35. The molecule has 2 unspecified atom stereocenters. The first-order valence-electron chi connectivity index (χ1n) is 4.96. The number of sulfonamides is 1. The fraction of sp³-hybridized carbons (Fsp3) is 0.667. The van der Waals surface area contributed by atoms with Crippen LogP contribution in [-0.2, 0) is 17.1 Å². The van der Waals surface area contributed by atoms with Gasteiger partial charge in [-0.15, -0.1) is 11.6 Å². The summed E-state index contributed by atoms with van der Waals surface area (Å²) in [4.78, 5) is 0.170. The monoisotopic (exact) mass is 265 g/mol. The molecule has 0 saturated carbocycles. The predicted molar refractivity (Wildman–Crippen MR) is 62.9 cm³/mol. The maximum atomic E-state index is 11.8. The van der Waals surface area contributed by atoms with Crippen molar-refractivity contribution in [1.29, 1.82) is 0 Å². The summed E-state index contributed by atoms with van der Waals surface area (Å²) in [7, 11) is -1.81. The lowest BCUT2D eigenvalue weighted by Crippen LogP contribution is -2.33. The molecule has 7 heteroatoms. The Balaban J connectivity index is 2.73. The summed E-state index contributed by atoms with van der Waals surface area (Å²) in [5.74, 6) is 0. The number of hydrogen-bond donors (Lipinski definition) is 1. The van der Waals surface area contributed by atoms with Crippen molar-refractivity contribution in [1.82, 2.24) is 14.5 Å². The average molecular weight is 266 g/mol. The van der Waals surface area contributed by atoms with E-state index in [4.69, 9.17) is 11.6 Å². The third-order valence-electron chi connectivity index (χ3n) is 2.03. The lowest BCUT2D eigenvalue weighted by molar-refractivity contribution is 0.545. The van der Waals surface area contributed by atoms with Gasteiger partial charge < -0.3 is 0 Å². The van der Waals surface area contributed by atoms with Gasteiger partial charge >= 0.3 is 0 Å². The summed E-state index contributed by atoms with van der Waals surface area (Å²) in [6.07, 6.45) is 3.36. The van der Waals surface area contributed by atoms with Gasteiger partial charge in [-0.2, -0.15) is 5.10 Å². The molecule has 5 nitrogen and oxygen atoms in total. The Hall–Kier alpha value is -0.590. The quantitative estimate of drug-likeness (QED) is 0.811. The molecule has 0 aliphatic rings. The van der Waals surface area contributed by atoms with Gasteiger partial charge in [0.05, 0.1) is 6.20 Å². The molecule has 0 spiro atoms. The second kappa shape index (κ2) is 5.16. The predicted octanol–water partition coefficient (Wildman–Crippen LogP) is 1.10. The number of alkyl halides is 1. The van der Waals surface area contributed by atoms with Gasteiger partial charge in [0.15, 0.2) is 0 Å². The summed E-state index contributed by atoms with van der Waals surface area (Å²) in [6.45, 7) is 3.61. The van der Waals surface area contributed by atoms with Crippen LogP contribution in [0.3, 0.4) is 0 Å². The highest BCUT2D eigenvalue weighted by Crippen LogP contribution is 2.10. The fourth-order valence-corrected chi connectivity index (χ4v) is 2.91. The number of hydrogen-bond acceptors (Lipinski definition) is 3. The van der Waals surface area contributed by atoms with E-state index in [2.05, 4.69) is 9.82 Å². The largest absolute Gasteiger partial charge is 0.274 e. The molecule has 2 atom stereocenters. The van der Waals surface area contributed by atoms with E-state index in [9.17, 15) is 8.42 Å². The Labute approximate surface area is 101 Å². The topological polar surface area (TPSA) is 64.0 Å². The van der Waals surface area contributed by atoms with Gasteiger partial charge in [0.1, 0.15) is 4.90 Å². The van der Waals surface area contributed by atoms with Gasteiger partial charge in [-0.3, -0.25) is 4.68 Å². The Morgan fingerprint density at radius 2 is 2.19 bits per heavy atom. The van der Waals surface area contributed by atoms with Gasteiger partial charge in [-0.05, 0) is 20.3 Å². The van der Waals surface area contributed by atoms with Crippen molar-refractivity contribution in [3.05, 3.63) is 12.4 Å². The van der Waals surface area contributed by atoms with Crippen molar-refractivity contribution in [2.45, 2.75) is 36.6 Å². The second-order valence-corrected chi connectivity index (χ2v) is 6.35. The maximum Gasteiger partial charge on any atom is 0.243 e. The van der Waals surface area contributed by atoms with Gasteiger partial charge in [0.2, 0.25) is 10.0 Å². The normalized spacial score (nSPS) is 16.0. The van der Waals surface area contributed by atoms with Crippen LogP contribution in [0.2, 0.25) is 0 Å². The molecule has 1 aromatic heterocycles. The molecule has 0 bridgehead atoms. The SMILES string of the molecule is CC(Cl)CC(C)NS(=O)(=O)c1cnn(C)c1. The second-order valence-electron chi connectivity index (χ2n) is 3.89. The van der Waals surface area contributed by atoms with Crippen LogP contribution in [-0.4, -0.2) is 29.6 Å². The van der Waals surface area contributed by atoms with Crippen molar-refractivity contribution in [3.8, 4) is 0 Å². The van der Waals surface area contributed by atoms with E-state index >= 15 is 0 Å². The van der Waals surface area contributed by atoms with Crippen molar-refractivity contribution < 1.29 is 8.42 Å². The smallest absolute Gasteiger partial charge is 0.243 e. The van der Waals surface area contributed by atoms with Crippen LogP contribution in [0.25, 0.3) is 0 Å². The van der Waals surface area contributed by atoms with Crippen molar-refractivity contribution in [2.24, 2.45) is 7.05 Å². The minimum atomic E-state index is -3.48. The highest BCUT2D eigenvalue weighted by Gasteiger charge is 2.19. The van der Waals surface area contributed by atoms with Crippen LogP contribution in [0, 0.1) is 0 Å². The van der Waals surface area contributed by atoms with Crippen LogP contribution in [0.1, 0.15) is 20.3 Å². The summed E-state index contributed by atoms with van der Waals surface area (Å²) >= 11 is 5.80. The molecule has 0 amide bonds. The first-order chi connectivity index (χ1) is 7.31. The van der Waals surface area contributed by atoms with Gasteiger partial charge in [0, 0.05) is 24.7 Å². The van der Waals surface area contributed by atoms with Crippen LogP contribution in [0.4, 0.5) is 0 Å². The number of halogens is 1. The van der Waals surface area contributed by atoms with E-state index in [1.807, 2.05) is 6.92 Å². The molecule has 1 N–H and O–H groups in total. The molecule has 0 aliphatic carbocycles. The highest BCUT2D eigenvalue weighted by atomic mass is 35.5. The van der Waals surface area contributed by atoms with Gasteiger partial charge in [0.25, 0.3) is 0 Å². The summed E-state index contributed by atoms with van der Waals surface area (Å²) in [5, 5.41) is 3.76. The van der Waals surface area contributed by atoms with E-state index in [0.717, 1.165) is 0 Å². The first-order valence-corrected chi connectivity index (χ1v) is 6.88. The van der Waals surface area contributed by atoms with E-state index in [1.54, 1.807) is 14.0 Å². The number of nitrogens with zero attached hydrogens (tertiary/aromatic N) is 2. The molecule has 92 valence electrons. The van der Waals surface area contributed by atoms with E-state index in [1.165, 1.54) is 17.1 Å². The zero-order chi connectivity index (χ0) is 12.3. The standard InChI is InChI=1S/C9H16ClN3O2S/c1-7(10)4-8(2)12-16(14,15)9-5-11-13(3)6-9/h5-8,12H,4H2,1-3H3. The van der Waals surface area contributed by atoms with Crippen LogP contribution >= 0.6 is 11.6 Å². The molecule has 1 heterocycles. The Morgan fingerprint density at radius 1 is 1.56 bits per heavy atom. The van der Waals surface area contributed by atoms with Gasteiger partial charge in [-0.1, -0.05) is 0 Å². The lowest BCUT2D eigenvalue weighted by Gasteiger charge is -2.14. The molecule has 16 heavy (non-hydrogen) atoms. The molecule has 0 radical (unpaired) electrons. The highest BCUT2D eigenvalue weighted by molar-refractivity contribution is 7.89. The number of rotatable bonds is 5. The molecular formula is C9H16ClN3O2S. The number of nitrogens with one attached hydrogen (secondary N) is 1.